The molecule has 0 fully saturated rings. The number of benzene rings is 2. The van der Waals surface area contributed by atoms with Crippen LogP contribution in [0.4, 0.5) is 17.1 Å². The highest BCUT2D eigenvalue weighted by molar-refractivity contribution is 7.92. The number of hydrogen-bond acceptors (Lipinski definition) is 5. The summed E-state index contributed by atoms with van der Waals surface area (Å²) in [4.78, 5) is 24.0. The summed E-state index contributed by atoms with van der Waals surface area (Å²) in [6.45, 7) is 7.26. The normalized spacial score (nSPS) is 15.4. The third-order valence-corrected chi connectivity index (χ3v) is 6.04. The molecule has 8 nitrogen and oxygen atoms in total. The Morgan fingerprint density at radius 3 is 2.37 bits per heavy atom. The van der Waals surface area contributed by atoms with Crippen LogP contribution in [0.5, 0.6) is 5.75 Å². The van der Waals surface area contributed by atoms with Gasteiger partial charge >= 0.3 is 0 Å². The van der Waals surface area contributed by atoms with E-state index in [9.17, 15) is 18.0 Å². The number of fused-ring (bicyclic) bond motifs is 1. The van der Waals surface area contributed by atoms with Crippen molar-refractivity contribution < 1.29 is 22.7 Å². The molecule has 3 rings (SSSR count). The van der Waals surface area contributed by atoms with E-state index in [1.807, 2.05) is 0 Å². The number of hydrogen-bond donors (Lipinski definition) is 3. The van der Waals surface area contributed by atoms with E-state index < -0.39 is 15.4 Å². The Balaban J connectivity index is 1.77. The van der Waals surface area contributed by atoms with E-state index in [0.29, 0.717) is 22.8 Å². The van der Waals surface area contributed by atoms with Crippen LogP contribution in [0.25, 0.3) is 0 Å². The molecule has 0 spiro atoms. The first-order valence-corrected chi connectivity index (χ1v) is 11.0. The SMILES string of the molecule is CC(C)C(=O)Nc1ccc(S(=O)(=O)Nc2ccc3c(c2)OCC(C)(C)C(=O)N3)cc1. The average Bonchev–Trinajstić information content (AvgIpc) is 2.78. The molecule has 160 valence electrons. The smallest absolute Gasteiger partial charge is 0.261 e. The van der Waals surface area contributed by atoms with Gasteiger partial charge in [0.25, 0.3) is 10.0 Å². The molecule has 0 unspecified atom stereocenters. The summed E-state index contributed by atoms with van der Waals surface area (Å²) in [7, 11) is -3.85. The highest BCUT2D eigenvalue weighted by Gasteiger charge is 2.32. The standard InChI is InChI=1S/C21H25N3O5S/c1-13(2)19(25)22-14-5-8-16(9-6-14)30(27,28)24-15-7-10-17-18(11-15)29-12-21(3,4)20(26)23-17/h5-11,13,24H,12H2,1-4H3,(H,22,25)(H,23,26). The fourth-order valence-electron chi connectivity index (χ4n) is 2.64. The predicted molar refractivity (Wildman–Crippen MR) is 115 cm³/mol. The molecule has 0 saturated heterocycles. The lowest BCUT2D eigenvalue weighted by atomic mass is 9.94. The van der Waals surface area contributed by atoms with Crippen LogP contribution in [-0.2, 0) is 19.6 Å². The molecule has 1 aliphatic rings. The second-order valence-corrected chi connectivity index (χ2v) is 9.79. The second kappa shape index (κ2) is 7.98. The minimum atomic E-state index is -3.85. The molecule has 0 aromatic heterocycles. The van der Waals surface area contributed by atoms with Gasteiger partial charge in [-0.05, 0) is 50.2 Å². The Hall–Kier alpha value is -3.07. The molecule has 0 bridgehead atoms. The number of nitrogens with one attached hydrogen (secondary N) is 3. The van der Waals surface area contributed by atoms with Gasteiger partial charge < -0.3 is 15.4 Å². The largest absolute Gasteiger partial charge is 0.490 e. The Bertz CT molecular complexity index is 1080. The number of anilines is 3. The van der Waals surface area contributed by atoms with E-state index in [-0.39, 0.29) is 29.2 Å². The zero-order chi connectivity index (χ0) is 22.1. The molecule has 0 atom stereocenters. The van der Waals surface area contributed by atoms with E-state index in [0.717, 1.165) is 0 Å². The van der Waals surface area contributed by atoms with Gasteiger partial charge in [0.1, 0.15) is 12.4 Å². The van der Waals surface area contributed by atoms with Crippen molar-refractivity contribution in [3.8, 4) is 5.75 Å². The summed E-state index contributed by atoms with van der Waals surface area (Å²) in [5.41, 5.74) is 0.605. The first-order valence-electron chi connectivity index (χ1n) is 9.50. The number of amides is 2. The Morgan fingerprint density at radius 2 is 1.73 bits per heavy atom. The Labute approximate surface area is 176 Å². The van der Waals surface area contributed by atoms with E-state index >= 15 is 0 Å². The van der Waals surface area contributed by atoms with Crippen LogP contribution in [0.2, 0.25) is 0 Å². The highest BCUT2D eigenvalue weighted by Crippen LogP contribution is 2.34. The van der Waals surface area contributed by atoms with E-state index in [1.165, 1.54) is 30.3 Å². The van der Waals surface area contributed by atoms with E-state index in [2.05, 4.69) is 15.4 Å². The van der Waals surface area contributed by atoms with Crippen molar-refractivity contribution in [1.29, 1.82) is 0 Å². The third-order valence-electron chi connectivity index (χ3n) is 4.64. The molecular formula is C21H25N3O5S. The predicted octanol–water partition coefficient (Wildman–Crippen LogP) is 3.44. The molecule has 2 aromatic rings. The van der Waals surface area contributed by atoms with Crippen LogP contribution in [0.15, 0.2) is 47.4 Å². The maximum atomic E-state index is 12.7. The van der Waals surface area contributed by atoms with Crippen molar-refractivity contribution in [3.05, 3.63) is 42.5 Å². The molecule has 0 aliphatic carbocycles. The number of sulfonamides is 1. The van der Waals surface area contributed by atoms with Crippen LogP contribution >= 0.6 is 0 Å². The van der Waals surface area contributed by atoms with Gasteiger partial charge in [0, 0.05) is 17.7 Å². The van der Waals surface area contributed by atoms with Crippen molar-refractivity contribution in [1.82, 2.24) is 0 Å². The van der Waals surface area contributed by atoms with Crippen LogP contribution in [0.1, 0.15) is 27.7 Å². The van der Waals surface area contributed by atoms with Crippen LogP contribution in [-0.4, -0.2) is 26.8 Å². The molecule has 0 radical (unpaired) electrons. The van der Waals surface area contributed by atoms with Gasteiger partial charge in [0.2, 0.25) is 11.8 Å². The molecule has 2 amide bonds. The van der Waals surface area contributed by atoms with Gasteiger partial charge in [0.05, 0.1) is 21.7 Å². The molecule has 9 heteroatoms. The molecular weight excluding hydrogens is 406 g/mol. The summed E-state index contributed by atoms with van der Waals surface area (Å²) in [5.74, 6) is -0.107. The number of carbonyl (C=O) groups excluding carboxylic acids is 2. The highest BCUT2D eigenvalue weighted by atomic mass is 32.2. The van der Waals surface area contributed by atoms with E-state index in [1.54, 1.807) is 39.8 Å². The Morgan fingerprint density at radius 1 is 1.10 bits per heavy atom. The topological polar surface area (TPSA) is 114 Å². The summed E-state index contributed by atoms with van der Waals surface area (Å²) < 4.78 is 33.7. The lowest BCUT2D eigenvalue weighted by Crippen LogP contribution is -2.33. The number of ether oxygens (including phenoxy) is 1. The summed E-state index contributed by atoms with van der Waals surface area (Å²) in [5, 5.41) is 5.50. The van der Waals surface area contributed by atoms with Crippen molar-refractivity contribution in [3.63, 3.8) is 0 Å². The van der Waals surface area contributed by atoms with Gasteiger partial charge in [-0.15, -0.1) is 0 Å². The van der Waals surface area contributed by atoms with Crippen molar-refractivity contribution in [2.24, 2.45) is 11.3 Å². The molecule has 1 heterocycles. The average molecular weight is 432 g/mol. The minimum Gasteiger partial charge on any atom is -0.490 e. The van der Waals surface area contributed by atoms with E-state index in [4.69, 9.17) is 4.74 Å². The van der Waals surface area contributed by atoms with Gasteiger partial charge in [0.15, 0.2) is 0 Å². The first kappa shape index (κ1) is 21.6. The lowest BCUT2D eigenvalue weighted by Gasteiger charge is -2.18. The molecule has 2 aromatic carbocycles. The van der Waals surface area contributed by atoms with Gasteiger partial charge in [-0.1, -0.05) is 13.8 Å². The lowest BCUT2D eigenvalue weighted by molar-refractivity contribution is -0.125. The maximum absolute atomic E-state index is 12.7. The monoisotopic (exact) mass is 431 g/mol. The van der Waals surface area contributed by atoms with Crippen molar-refractivity contribution in [2.45, 2.75) is 32.6 Å². The maximum Gasteiger partial charge on any atom is 0.261 e. The Kier molecular flexibility index (Phi) is 5.76. The first-order chi connectivity index (χ1) is 14.0. The second-order valence-electron chi connectivity index (χ2n) is 8.11. The molecule has 30 heavy (non-hydrogen) atoms. The zero-order valence-corrected chi connectivity index (χ0v) is 18.1. The van der Waals surface area contributed by atoms with Gasteiger partial charge in [-0.2, -0.15) is 0 Å². The summed E-state index contributed by atoms with van der Waals surface area (Å²) in [6.07, 6.45) is 0. The zero-order valence-electron chi connectivity index (χ0n) is 17.3. The fourth-order valence-corrected chi connectivity index (χ4v) is 3.69. The number of rotatable bonds is 5. The van der Waals surface area contributed by atoms with Crippen LogP contribution < -0.4 is 20.1 Å². The van der Waals surface area contributed by atoms with Gasteiger partial charge in [-0.3, -0.25) is 14.3 Å². The molecule has 1 aliphatic heterocycles. The van der Waals surface area contributed by atoms with Crippen LogP contribution in [0, 0.1) is 11.3 Å². The molecule has 0 saturated carbocycles. The third kappa shape index (κ3) is 4.73. The summed E-state index contributed by atoms with van der Waals surface area (Å²) >= 11 is 0. The fraction of sp³-hybridized carbons (Fsp3) is 0.333. The van der Waals surface area contributed by atoms with Crippen molar-refractivity contribution >= 4 is 38.9 Å². The quantitative estimate of drug-likeness (QED) is 0.671. The van der Waals surface area contributed by atoms with Crippen LogP contribution in [0.3, 0.4) is 0 Å². The minimum absolute atomic E-state index is 0.0512. The molecule has 3 N–H and O–H groups in total. The van der Waals surface area contributed by atoms with Gasteiger partial charge in [-0.25, -0.2) is 8.42 Å². The van der Waals surface area contributed by atoms with Crippen molar-refractivity contribution in [2.75, 3.05) is 22.0 Å². The summed E-state index contributed by atoms with van der Waals surface area (Å²) in [6, 6.07) is 10.6. The number of carbonyl (C=O) groups is 2.